The van der Waals surface area contributed by atoms with E-state index in [0.717, 1.165) is 23.7 Å². The number of hydrogen-bond acceptors (Lipinski definition) is 0. The van der Waals surface area contributed by atoms with Crippen LogP contribution in [-0.4, -0.2) is 0 Å². The summed E-state index contributed by atoms with van der Waals surface area (Å²) in [6.45, 7) is 17.6. The van der Waals surface area contributed by atoms with Gasteiger partial charge in [0, 0.05) is 0 Å². The Balaban J connectivity index is 0. The number of rotatable bonds is 4. The molecule has 0 radical (unpaired) electrons. The normalized spacial score (nSPS) is 30.7. The van der Waals surface area contributed by atoms with Gasteiger partial charge in [0.15, 0.2) is 0 Å². The summed E-state index contributed by atoms with van der Waals surface area (Å²) < 4.78 is 0. The van der Waals surface area contributed by atoms with E-state index in [1.807, 2.05) is 27.7 Å². The van der Waals surface area contributed by atoms with E-state index in [-0.39, 0.29) is 0 Å². The molecule has 1 rings (SSSR count). The third-order valence-corrected chi connectivity index (χ3v) is 4.59. The molecular weight excluding hydrogens is 216 g/mol. The minimum absolute atomic E-state index is 0.972. The van der Waals surface area contributed by atoms with Gasteiger partial charge in [-0.25, -0.2) is 0 Å². The van der Waals surface area contributed by atoms with Crippen LogP contribution in [0.5, 0.6) is 0 Å². The maximum atomic E-state index is 2.49. The standard InChI is InChI=1S/C14H28.2C2H6/c1-5-7-8-14-12(4)11(3)9-10-13(14)6-2;2*1-2/h11-14H,5-10H2,1-4H3;2*1-2H3. The second kappa shape index (κ2) is 13.4. The Bertz CT molecular complexity index is 148. The highest BCUT2D eigenvalue weighted by molar-refractivity contribution is 4.82. The van der Waals surface area contributed by atoms with E-state index in [4.69, 9.17) is 0 Å². The molecule has 0 amide bonds. The SMILES string of the molecule is CC.CC.CCCCC1C(CC)CCC(C)C1C. The van der Waals surface area contributed by atoms with Crippen molar-refractivity contribution in [1.82, 2.24) is 0 Å². The fourth-order valence-corrected chi connectivity index (χ4v) is 3.25. The lowest BCUT2D eigenvalue weighted by atomic mass is 9.65. The smallest absolute Gasteiger partial charge is 0.0358 e. The molecule has 0 heteroatoms. The molecule has 1 aliphatic rings. The van der Waals surface area contributed by atoms with Crippen molar-refractivity contribution in [3.05, 3.63) is 0 Å². The van der Waals surface area contributed by atoms with Crippen LogP contribution in [0.1, 0.15) is 93.9 Å². The van der Waals surface area contributed by atoms with E-state index in [1.54, 1.807) is 0 Å². The molecular formula is C18H40. The van der Waals surface area contributed by atoms with Gasteiger partial charge in [-0.2, -0.15) is 0 Å². The van der Waals surface area contributed by atoms with E-state index < -0.39 is 0 Å². The highest BCUT2D eigenvalue weighted by Crippen LogP contribution is 2.42. The minimum atomic E-state index is 0.972. The van der Waals surface area contributed by atoms with Crippen molar-refractivity contribution < 1.29 is 0 Å². The average Bonchev–Trinajstić information content (AvgIpc) is 2.45. The van der Waals surface area contributed by atoms with Crippen LogP contribution in [0.15, 0.2) is 0 Å². The zero-order valence-electron chi connectivity index (χ0n) is 14.6. The molecule has 1 fully saturated rings. The van der Waals surface area contributed by atoms with Crippen molar-refractivity contribution >= 4 is 0 Å². The molecule has 18 heavy (non-hydrogen) atoms. The van der Waals surface area contributed by atoms with Gasteiger partial charge in [-0.1, -0.05) is 81.1 Å². The van der Waals surface area contributed by atoms with Crippen LogP contribution in [0.4, 0.5) is 0 Å². The van der Waals surface area contributed by atoms with Gasteiger partial charge in [-0.05, 0) is 36.5 Å². The zero-order valence-corrected chi connectivity index (χ0v) is 14.6. The summed E-state index contributed by atoms with van der Waals surface area (Å²) in [4.78, 5) is 0. The third kappa shape index (κ3) is 6.81. The lowest BCUT2D eigenvalue weighted by molar-refractivity contribution is 0.0986. The monoisotopic (exact) mass is 256 g/mol. The molecule has 112 valence electrons. The molecule has 0 heterocycles. The zero-order chi connectivity index (χ0) is 14.6. The van der Waals surface area contributed by atoms with Gasteiger partial charge in [-0.15, -0.1) is 0 Å². The maximum Gasteiger partial charge on any atom is -0.0358 e. The molecule has 0 saturated heterocycles. The molecule has 0 spiro atoms. The second-order valence-corrected chi connectivity index (χ2v) is 5.39. The molecule has 4 unspecified atom stereocenters. The topological polar surface area (TPSA) is 0 Å². The van der Waals surface area contributed by atoms with Gasteiger partial charge in [0.05, 0.1) is 0 Å². The van der Waals surface area contributed by atoms with Crippen LogP contribution in [-0.2, 0) is 0 Å². The Labute approximate surface area is 118 Å². The fourth-order valence-electron chi connectivity index (χ4n) is 3.25. The van der Waals surface area contributed by atoms with E-state index in [0.29, 0.717) is 0 Å². The fraction of sp³-hybridized carbons (Fsp3) is 1.00. The highest BCUT2D eigenvalue weighted by atomic mass is 14.4. The molecule has 0 aromatic heterocycles. The summed E-state index contributed by atoms with van der Waals surface area (Å²) in [6, 6.07) is 0. The quantitative estimate of drug-likeness (QED) is 0.511. The van der Waals surface area contributed by atoms with Crippen molar-refractivity contribution in [1.29, 1.82) is 0 Å². The lowest BCUT2D eigenvalue weighted by Crippen LogP contribution is -2.31. The highest BCUT2D eigenvalue weighted by Gasteiger charge is 2.32. The van der Waals surface area contributed by atoms with Crippen LogP contribution in [0.25, 0.3) is 0 Å². The summed E-state index contributed by atoms with van der Waals surface area (Å²) in [6.07, 6.45) is 8.68. The third-order valence-electron chi connectivity index (χ3n) is 4.59. The maximum absolute atomic E-state index is 2.49. The van der Waals surface area contributed by atoms with Gasteiger partial charge >= 0.3 is 0 Å². The second-order valence-electron chi connectivity index (χ2n) is 5.39. The summed E-state index contributed by atoms with van der Waals surface area (Å²) in [7, 11) is 0. The first-order valence-electron chi connectivity index (χ1n) is 8.70. The molecule has 0 bridgehead atoms. The molecule has 1 aliphatic carbocycles. The Kier molecular flexibility index (Phi) is 15.2. The molecule has 0 nitrogen and oxygen atoms in total. The summed E-state index contributed by atoms with van der Waals surface area (Å²) in [5.41, 5.74) is 0. The van der Waals surface area contributed by atoms with Crippen LogP contribution >= 0.6 is 0 Å². The van der Waals surface area contributed by atoms with Crippen molar-refractivity contribution in [2.75, 3.05) is 0 Å². The van der Waals surface area contributed by atoms with Crippen LogP contribution < -0.4 is 0 Å². The first-order valence-corrected chi connectivity index (χ1v) is 8.70. The van der Waals surface area contributed by atoms with Crippen LogP contribution in [0.2, 0.25) is 0 Å². The average molecular weight is 257 g/mol. The van der Waals surface area contributed by atoms with Gasteiger partial charge in [0.25, 0.3) is 0 Å². The van der Waals surface area contributed by atoms with Crippen LogP contribution in [0, 0.1) is 23.7 Å². The van der Waals surface area contributed by atoms with Crippen molar-refractivity contribution in [3.63, 3.8) is 0 Å². The van der Waals surface area contributed by atoms with E-state index in [1.165, 1.54) is 38.5 Å². The lowest BCUT2D eigenvalue weighted by Gasteiger charge is -2.40. The Hall–Kier alpha value is 0. The molecule has 0 aliphatic heterocycles. The van der Waals surface area contributed by atoms with Crippen molar-refractivity contribution in [2.45, 2.75) is 93.9 Å². The summed E-state index contributed by atoms with van der Waals surface area (Å²) in [5.74, 6) is 4.01. The number of hydrogen-bond donors (Lipinski definition) is 0. The Morgan fingerprint density at radius 3 is 1.89 bits per heavy atom. The molecule has 0 aromatic carbocycles. The van der Waals surface area contributed by atoms with Crippen LogP contribution in [0.3, 0.4) is 0 Å². The predicted octanol–water partition coefficient (Wildman–Crippen LogP) is 6.94. The first-order chi connectivity index (χ1) is 8.70. The molecule has 4 atom stereocenters. The van der Waals surface area contributed by atoms with Gasteiger partial charge in [0.2, 0.25) is 0 Å². The predicted molar refractivity (Wildman–Crippen MR) is 87.1 cm³/mol. The van der Waals surface area contributed by atoms with E-state index in [9.17, 15) is 0 Å². The Morgan fingerprint density at radius 1 is 0.889 bits per heavy atom. The molecule has 1 saturated carbocycles. The van der Waals surface area contributed by atoms with Gasteiger partial charge in [0.1, 0.15) is 0 Å². The van der Waals surface area contributed by atoms with Gasteiger partial charge < -0.3 is 0 Å². The summed E-state index contributed by atoms with van der Waals surface area (Å²) in [5, 5.41) is 0. The largest absolute Gasteiger partial charge is 0.0683 e. The van der Waals surface area contributed by atoms with E-state index >= 15 is 0 Å². The first kappa shape index (κ1) is 20.3. The minimum Gasteiger partial charge on any atom is -0.0683 e. The Morgan fingerprint density at radius 2 is 1.44 bits per heavy atom. The number of unbranched alkanes of at least 4 members (excludes halogenated alkanes) is 1. The van der Waals surface area contributed by atoms with Gasteiger partial charge in [-0.3, -0.25) is 0 Å². The molecule has 0 N–H and O–H groups in total. The molecule has 0 aromatic rings. The van der Waals surface area contributed by atoms with Crippen molar-refractivity contribution in [2.24, 2.45) is 23.7 Å². The van der Waals surface area contributed by atoms with Crippen molar-refractivity contribution in [3.8, 4) is 0 Å². The van der Waals surface area contributed by atoms with E-state index in [2.05, 4.69) is 27.7 Å². The summed E-state index contributed by atoms with van der Waals surface area (Å²) >= 11 is 0.